The quantitative estimate of drug-likeness (QED) is 0.0223. The fraction of sp³-hybridized carbons (Fsp3) is 0.587. The normalized spacial score (nSPS) is 14.0. The minimum atomic E-state index is -1.53. The number of allylic oxidation sites excluding steroid dienone is 16. The van der Waals surface area contributed by atoms with Crippen LogP contribution in [0.25, 0.3) is 0 Å². The van der Waals surface area contributed by atoms with Crippen molar-refractivity contribution in [1.82, 2.24) is 0 Å². The molecule has 0 bridgehead atoms. The van der Waals surface area contributed by atoms with Gasteiger partial charge >= 0.3 is 17.9 Å². The van der Waals surface area contributed by atoms with Gasteiger partial charge in [0.05, 0.1) is 34.4 Å². The summed E-state index contributed by atoms with van der Waals surface area (Å²) in [6.07, 6.45) is 44.8. The Morgan fingerprint density at radius 1 is 0.545 bits per heavy atom. The number of hydrogen-bond donors (Lipinski definition) is 1. The fourth-order valence-corrected chi connectivity index (χ4v) is 4.70. The van der Waals surface area contributed by atoms with E-state index in [0.717, 1.165) is 77.0 Å². The average molecular weight is 769 g/mol. The van der Waals surface area contributed by atoms with Gasteiger partial charge < -0.3 is 28.5 Å². The summed E-state index contributed by atoms with van der Waals surface area (Å²) in [6.45, 7) is 4.49. The summed E-state index contributed by atoms with van der Waals surface area (Å²) < 4.78 is 22.6. The van der Waals surface area contributed by atoms with Crippen LogP contribution in [-0.4, -0.2) is 87.4 Å². The van der Waals surface area contributed by atoms with Crippen LogP contribution >= 0.6 is 0 Å². The Kier molecular flexibility index (Phi) is 34.6. The smallest absolute Gasteiger partial charge is 0.361 e. The maximum absolute atomic E-state index is 12.7. The van der Waals surface area contributed by atoms with E-state index >= 15 is 0 Å². The Balaban J connectivity index is 4.67. The Morgan fingerprint density at radius 2 is 0.964 bits per heavy atom. The second kappa shape index (κ2) is 37.1. The number of quaternary nitrogens is 1. The number of nitrogens with zero attached hydrogens (tertiary/aromatic N) is 1. The molecule has 0 rings (SSSR count). The standard InChI is InChI=1S/C46H73NO8/c1-6-8-10-12-14-16-18-20-22-24-26-28-30-32-34-36-43(48)53-40-42(41-54-46(45(50)51)52-39-38-47(3,4)5)55-44(49)37-35-33-31-29-27-25-23-21-19-17-15-13-11-9-7-2/h8-11,14-17,20-23,26-29,42,46H,6-7,12-13,18-19,24-25,30-41H2,1-5H3/p+1/b10-8-,11-9-,16-14-,17-15-,22-20-,23-21-,28-26-,29-27-. The molecule has 55 heavy (non-hydrogen) atoms. The number of rotatable bonds is 35. The van der Waals surface area contributed by atoms with Crippen LogP contribution in [0.15, 0.2) is 97.2 Å². The molecular formula is C46H74NO8+. The summed E-state index contributed by atoms with van der Waals surface area (Å²) in [5, 5.41) is 9.61. The number of unbranched alkanes of at least 4 members (excludes halogenated alkanes) is 4. The molecule has 0 amide bonds. The molecule has 0 aliphatic rings. The lowest BCUT2D eigenvalue weighted by molar-refractivity contribution is -0.870. The van der Waals surface area contributed by atoms with Crippen LogP contribution in [0.3, 0.4) is 0 Å². The molecule has 0 aliphatic carbocycles. The van der Waals surface area contributed by atoms with Gasteiger partial charge in [-0.25, -0.2) is 4.79 Å². The molecule has 0 aromatic rings. The van der Waals surface area contributed by atoms with Crippen molar-refractivity contribution in [2.75, 3.05) is 47.5 Å². The van der Waals surface area contributed by atoms with Gasteiger partial charge in [0.1, 0.15) is 13.2 Å². The maximum Gasteiger partial charge on any atom is 0.361 e. The highest BCUT2D eigenvalue weighted by Crippen LogP contribution is 2.09. The van der Waals surface area contributed by atoms with Crippen molar-refractivity contribution in [3.05, 3.63) is 97.2 Å². The molecular weight excluding hydrogens is 695 g/mol. The Labute approximate surface area is 333 Å². The first-order chi connectivity index (χ1) is 26.6. The number of carbonyl (C=O) groups is 3. The van der Waals surface area contributed by atoms with E-state index in [4.69, 9.17) is 18.9 Å². The Morgan fingerprint density at radius 3 is 1.38 bits per heavy atom. The topological polar surface area (TPSA) is 108 Å². The predicted octanol–water partition coefficient (Wildman–Crippen LogP) is 10.3. The number of carboxylic acids is 1. The number of likely N-dealkylation sites (N-methyl/N-ethyl adjacent to an activating group) is 1. The van der Waals surface area contributed by atoms with Crippen molar-refractivity contribution in [2.24, 2.45) is 0 Å². The monoisotopic (exact) mass is 769 g/mol. The second-order valence-corrected chi connectivity index (χ2v) is 14.2. The lowest BCUT2D eigenvalue weighted by atomic mass is 10.1. The molecule has 0 fully saturated rings. The summed E-state index contributed by atoms with van der Waals surface area (Å²) in [6, 6.07) is 0. The fourth-order valence-electron chi connectivity index (χ4n) is 4.70. The summed E-state index contributed by atoms with van der Waals surface area (Å²) in [4.78, 5) is 37.0. The zero-order chi connectivity index (χ0) is 40.7. The largest absolute Gasteiger partial charge is 0.477 e. The summed E-state index contributed by atoms with van der Waals surface area (Å²) in [7, 11) is 5.91. The minimum absolute atomic E-state index is 0.167. The van der Waals surface area contributed by atoms with E-state index in [2.05, 4.69) is 111 Å². The number of carboxylic acid groups (broad SMARTS) is 1. The van der Waals surface area contributed by atoms with E-state index < -0.39 is 30.3 Å². The maximum atomic E-state index is 12.7. The van der Waals surface area contributed by atoms with Crippen molar-refractivity contribution in [2.45, 2.75) is 129 Å². The van der Waals surface area contributed by atoms with Gasteiger partial charge in [-0.2, -0.15) is 0 Å². The van der Waals surface area contributed by atoms with E-state index in [1.165, 1.54) is 0 Å². The van der Waals surface area contributed by atoms with E-state index in [1.807, 2.05) is 21.1 Å². The average Bonchev–Trinajstić information content (AvgIpc) is 3.14. The Hall–Kier alpha value is -3.79. The summed E-state index contributed by atoms with van der Waals surface area (Å²) in [5.74, 6) is -2.14. The molecule has 1 N–H and O–H groups in total. The predicted molar refractivity (Wildman–Crippen MR) is 225 cm³/mol. The second-order valence-electron chi connectivity index (χ2n) is 14.2. The first-order valence-corrected chi connectivity index (χ1v) is 20.4. The van der Waals surface area contributed by atoms with E-state index in [-0.39, 0.29) is 32.7 Å². The van der Waals surface area contributed by atoms with Gasteiger partial charge in [0, 0.05) is 12.8 Å². The third-order valence-corrected chi connectivity index (χ3v) is 7.84. The highest BCUT2D eigenvalue weighted by molar-refractivity contribution is 5.71. The first kappa shape index (κ1) is 51.2. The molecule has 2 unspecified atom stereocenters. The molecule has 0 heterocycles. The molecule has 2 atom stereocenters. The van der Waals surface area contributed by atoms with Gasteiger partial charge in [-0.15, -0.1) is 0 Å². The molecule has 9 nitrogen and oxygen atoms in total. The molecule has 0 aliphatic heterocycles. The lowest BCUT2D eigenvalue weighted by Crippen LogP contribution is -2.40. The van der Waals surface area contributed by atoms with Crippen LogP contribution in [0.2, 0.25) is 0 Å². The highest BCUT2D eigenvalue weighted by atomic mass is 16.7. The van der Waals surface area contributed by atoms with Crippen LogP contribution in [0, 0.1) is 0 Å². The molecule has 310 valence electrons. The number of ether oxygens (including phenoxy) is 4. The van der Waals surface area contributed by atoms with E-state index in [1.54, 1.807) is 0 Å². The highest BCUT2D eigenvalue weighted by Gasteiger charge is 2.25. The third kappa shape index (κ3) is 38.3. The number of esters is 2. The van der Waals surface area contributed by atoms with Crippen molar-refractivity contribution >= 4 is 17.9 Å². The van der Waals surface area contributed by atoms with Crippen LogP contribution < -0.4 is 0 Å². The SMILES string of the molecule is CC/C=C\C/C=C\C/C=C\C/C=C\CCCCC(=O)OCC(COC(OCC[N+](C)(C)C)C(=O)O)OC(=O)CCCC/C=C\C/C=C\C/C=C\C/C=C\CC. The minimum Gasteiger partial charge on any atom is -0.477 e. The van der Waals surface area contributed by atoms with Gasteiger partial charge in [0.25, 0.3) is 6.29 Å². The molecule has 0 saturated heterocycles. The molecule has 0 aromatic carbocycles. The first-order valence-electron chi connectivity index (χ1n) is 20.4. The number of hydrogen-bond acceptors (Lipinski definition) is 7. The van der Waals surface area contributed by atoms with Crippen LogP contribution in [-0.2, 0) is 33.3 Å². The third-order valence-electron chi connectivity index (χ3n) is 7.84. The molecule has 0 spiro atoms. The van der Waals surface area contributed by atoms with Gasteiger partial charge in [0.2, 0.25) is 0 Å². The van der Waals surface area contributed by atoms with Crippen LogP contribution in [0.1, 0.15) is 117 Å². The summed E-state index contributed by atoms with van der Waals surface area (Å²) in [5.41, 5.74) is 0. The molecule has 0 saturated carbocycles. The molecule has 9 heteroatoms. The van der Waals surface area contributed by atoms with Gasteiger partial charge in [-0.3, -0.25) is 9.59 Å². The summed E-state index contributed by atoms with van der Waals surface area (Å²) >= 11 is 0. The van der Waals surface area contributed by atoms with Crippen molar-refractivity contribution in [3.63, 3.8) is 0 Å². The van der Waals surface area contributed by atoms with Crippen LogP contribution in [0.4, 0.5) is 0 Å². The molecule has 0 radical (unpaired) electrons. The van der Waals surface area contributed by atoms with E-state index in [9.17, 15) is 19.5 Å². The lowest BCUT2D eigenvalue weighted by Gasteiger charge is -2.25. The van der Waals surface area contributed by atoms with Crippen molar-refractivity contribution in [1.29, 1.82) is 0 Å². The van der Waals surface area contributed by atoms with Crippen molar-refractivity contribution < 1.29 is 42.9 Å². The van der Waals surface area contributed by atoms with Gasteiger partial charge in [-0.1, -0.05) is 111 Å². The van der Waals surface area contributed by atoms with Crippen LogP contribution in [0.5, 0.6) is 0 Å². The number of aliphatic carboxylic acids is 1. The zero-order valence-corrected chi connectivity index (χ0v) is 34.8. The van der Waals surface area contributed by atoms with Gasteiger partial charge in [0.15, 0.2) is 6.10 Å². The van der Waals surface area contributed by atoms with E-state index in [0.29, 0.717) is 23.9 Å². The molecule has 0 aromatic heterocycles. The number of carbonyl (C=O) groups excluding carboxylic acids is 2. The zero-order valence-electron chi connectivity index (χ0n) is 34.8. The van der Waals surface area contributed by atoms with Gasteiger partial charge in [-0.05, 0) is 89.9 Å². The van der Waals surface area contributed by atoms with Crippen molar-refractivity contribution in [3.8, 4) is 0 Å². The Bertz CT molecular complexity index is 1220.